The number of amides is 1. The van der Waals surface area contributed by atoms with Gasteiger partial charge in [-0.3, -0.25) is 4.79 Å². The third-order valence-corrected chi connectivity index (χ3v) is 5.22. The minimum atomic E-state index is -3.19. The molecule has 1 fully saturated rings. The topological polar surface area (TPSA) is 83.5 Å². The fraction of sp³-hybridized carbons (Fsp3) is 0.562. The van der Waals surface area contributed by atoms with Crippen LogP contribution in [0.2, 0.25) is 0 Å². The molecule has 0 bridgehead atoms. The molecule has 1 aromatic carbocycles. The summed E-state index contributed by atoms with van der Waals surface area (Å²) in [5.41, 5.74) is 0.101. The SMILES string of the molecule is C[C@](O)(CNC(=O)CCc1ccc(S(C)(=O)=O)cc1)C1CC1. The van der Waals surface area contributed by atoms with Crippen molar-refractivity contribution in [2.45, 2.75) is 43.1 Å². The quantitative estimate of drug-likeness (QED) is 0.791. The molecule has 0 aromatic heterocycles. The zero-order valence-electron chi connectivity index (χ0n) is 13.0. The Morgan fingerprint density at radius 2 is 1.91 bits per heavy atom. The van der Waals surface area contributed by atoms with E-state index in [0.717, 1.165) is 18.4 Å². The average Bonchev–Trinajstić information content (AvgIpc) is 3.27. The summed E-state index contributed by atoms with van der Waals surface area (Å²) in [4.78, 5) is 12.1. The lowest BCUT2D eigenvalue weighted by Crippen LogP contribution is -2.42. The first-order valence-corrected chi connectivity index (χ1v) is 9.36. The van der Waals surface area contributed by atoms with Gasteiger partial charge in [-0.1, -0.05) is 12.1 Å². The smallest absolute Gasteiger partial charge is 0.220 e. The Morgan fingerprint density at radius 3 is 2.41 bits per heavy atom. The van der Waals surface area contributed by atoms with E-state index in [1.807, 2.05) is 0 Å². The number of nitrogens with one attached hydrogen (secondary N) is 1. The Bertz CT molecular complexity index is 631. The highest BCUT2D eigenvalue weighted by Gasteiger charge is 2.39. The zero-order chi connectivity index (χ0) is 16.4. The van der Waals surface area contributed by atoms with Crippen molar-refractivity contribution in [3.05, 3.63) is 29.8 Å². The molecule has 0 unspecified atom stereocenters. The van der Waals surface area contributed by atoms with Crippen LogP contribution in [0.5, 0.6) is 0 Å². The van der Waals surface area contributed by atoms with E-state index in [-0.39, 0.29) is 17.3 Å². The average molecular weight is 325 g/mol. The number of aliphatic hydroxyl groups is 1. The summed E-state index contributed by atoms with van der Waals surface area (Å²) in [7, 11) is -3.19. The molecule has 1 saturated carbocycles. The van der Waals surface area contributed by atoms with Crippen LogP contribution in [-0.2, 0) is 21.1 Å². The highest BCUT2D eigenvalue weighted by Crippen LogP contribution is 2.38. The summed E-state index contributed by atoms with van der Waals surface area (Å²) >= 11 is 0. The van der Waals surface area contributed by atoms with Gasteiger partial charge in [0.05, 0.1) is 10.5 Å². The van der Waals surface area contributed by atoms with E-state index >= 15 is 0 Å². The number of carbonyl (C=O) groups excluding carboxylic acids is 1. The lowest BCUT2D eigenvalue weighted by molar-refractivity contribution is -0.122. The number of rotatable bonds is 7. The van der Waals surface area contributed by atoms with E-state index in [4.69, 9.17) is 0 Å². The maximum Gasteiger partial charge on any atom is 0.220 e. The normalized spacial score (nSPS) is 17.8. The van der Waals surface area contributed by atoms with Gasteiger partial charge in [-0.15, -0.1) is 0 Å². The predicted octanol–water partition coefficient (Wildman–Crippen LogP) is 1.30. The van der Waals surface area contributed by atoms with Crippen LogP contribution in [0.15, 0.2) is 29.2 Å². The molecule has 122 valence electrons. The van der Waals surface area contributed by atoms with Crippen molar-refractivity contribution >= 4 is 15.7 Å². The second-order valence-electron chi connectivity index (χ2n) is 6.32. The summed E-state index contributed by atoms with van der Waals surface area (Å²) in [5.74, 6) is 0.199. The lowest BCUT2D eigenvalue weighted by atomic mass is 10.0. The van der Waals surface area contributed by atoms with E-state index in [9.17, 15) is 18.3 Å². The van der Waals surface area contributed by atoms with Crippen LogP contribution in [-0.4, -0.2) is 37.8 Å². The van der Waals surface area contributed by atoms with Crippen LogP contribution in [0, 0.1) is 5.92 Å². The predicted molar refractivity (Wildman–Crippen MR) is 84.2 cm³/mol. The van der Waals surface area contributed by atoms with Crippen LogP contribution in [0.4, 0.5) is 0 Å². The van der Waals surface area contributed by atoms with Crippen molar-refractivity contribution in [3.8, 4) is 0 Å². The van der Waals surface area contributed by atoms with E-state index in [1.54, 1.807) is 31.2 Å². The molecule has 1 aliphatic rings. The van der Waals surface area contributed by atoms with Crippen molar-refractivity contribution in [2.24, 2.45) is 5.92 Å². The fourth-order valence-electron chi connectivity index (χ4n) is 2.38. The third-order valence-electron chi connectivity index (χ3n) is 4.09. The fourth-order valence-corrected chi connectivity index (χ4v) is 3.01. The first-order chi connectivity index (χ1) is 10.2. The van der Waals surface area contributed by atoms with Crippen LogP contribution in [0.3, 0.4) is 0 Å². The summed E-state index contributed by atoms with van der Waals surface area (Å²) in [5, 5.41) is 12.9. The second-order valence-corrected chi connectivity index (χ2v) is 8.34. The van der Waals surface area contributed by atoms with E-state index in [0.29, 0.717) is 18.8 Å². The van der Waals surface area contributed by atoms with Gasteiger partial charge in [0, 0.05) is 19.2 Å². The van der Waals surface area contributed by atoms with Gasteiger partial charge in [-0.25, -0.2) is 8.42 Å². The Labute approximate surface area is 131 Å². The largest absolute Gasteiger partial charge is 0.388 e. The Hall–Kier alpha value is -1.40. The summed E-state index contributed by atoms with van der Waals surface area (Å²) in [6.07, 6.45) is 4.08. The molecule has 5 nitrogen and oxygen atoms in total. The van der Waals surface area contributed by atoms with Crippen molar-refractivity contribution in [1.29, 1.82) is 0 Å². The van der Waals surface area contributed by atoms with Crippen LogP contribution in [0.25, 0.3) is 0 Å². The van der Waals surface area contributed by atoms with Gasteiger partial charge < -0.3 is 10.4 Å². The molecular formula is C16H23NO4S. The van der Waals surface area contributed by atoms with Crippen LogP contribution >= 0.6 is 0 Å². The van der Waals surface area contributed by atoms with Gasteiger partial charge in [-0.2, -0.15) is 0 Å². The minimum absolute atomic E-state index is 0.104. The van der Waals surface area contributed by atoms with Gasteiger partial charge in [0.25, 0.3) is 0 Å². The van der Waals surface area contributed by atoms with Crippen molar-refractivity contribution < 1.29 is 18.3 Å². The molecule has 0 radical (unpaired) electrons. The first-order valence-electron chi connectivity index (χ1n) is 7.46. The molecule has 6 heteroatoms. The Kier molecular flexibility index (Phi) is 4.92. The molecule has 0 spiro atoms. The van der Waals surface area contributed by atoms with E-state index in [2.05, 4.69) is 5.32 Å². The molecule has 2 rings (SSSR count). The molecule has 1 aliphatic carbocycles. The second kappa shape index (κ2) is 6.38. The van der Waals surface area contributed by atoms with Gasteiger partial charge in [-0.05, 0) is 49.8 Å². The van der Waals surface area contributed by atoms with Crippen molar-refractivity contribution in [2.75, 3.05) is 12.8 Å². The van der Waals surface area contributed by atoms with Gasteiger partial charge >= 0.3 is 0 Å². The lowest BCUT2D eigenvalue weighted by Gasteiger charge is -2.23. The first kappa shape index (κ1) is 17.0. The van der Waals surface area contributed by atoms with Crippen LogP contribution < -0.4 is 5.32 Å². The molecule has 1 atom stereocenters. The number of hydrogen-bond donors (Lipinski definition) is 2. The molecule has 0 aliphatic heterocycles. The summed E-state index contributed by atoms with van der Waals surface area (Å²) in [6, 6.07) is 6.56. The maximum absolute atomic E-state index is 11.8. The zero-order valence-corrected chi connectivity index (χ0v) is 13.8. The Balaban J connectivity index is 1.78. The molecule has 2 N–H and O–H groups in total. The maximum atomic E-state index is 11.8. The number of aryl methyl sites for hydroxylation is 1. The molecule has 1 aromatic rings. The number of hydrogen-bond acceptors (Lipinski definition) is 4. The molecular weight excluding hydrogens is 302 g/mol. The number of benzene rings is 1. The van der Waals surface area contributed by atoms with Gasteiger partial charge in [0.2, 0.25) is 5.91 Å². The highest BCUT2D eigenvalue weighted by atomic mass is 32.2. The monoisotopic (exact) mass is 325 g/mol. The van der Waals surface area contributed by atoms with Gasteiger partial charge in [0.15, 0.2) is 9.84 Å². The van der Waals surface area contributed by atoms with Crippen LogP contribution in [0.1, 0.15) is 31.7 Å². The molecule has 0 heterocycles. The number of carbonyl (C=O) groups is 1. The third kappa shape index (κ3) is 4.81. The molecule has 22 heavy (non-hydrogen) atoms. The molecule has 1 amide bonds. The number of sulfone groups is 1. The standard InChI is InChI=1S/C16H23NO4S/c1-16(19,13-6-7-13)11-17-15(18)10-5-12-3-8-14(9-4-12)22(2,20)21/h3-4,8-9,13,19H,5-7,10-11H2,1-2H3,(H,17,18)/t16-/m0/s1. The summed E-state index contributed by atoms with van der Waals surface area (Å²) < 4.78 is 22.7. The van der Waals surface area contributed by atoms with E-state index < -0.39 is 15.4 Å². The van der Waals surface area contributed by atoms with Crippen molar-refractivity contribution in [1.82, 2.24) is 5.32 Å². The highest BCUT2D eigenvalue weighted by molar-refractivity contribution is 7.90. The van der Waals surface area contributed by atoms with E-state index in [1.165, 1.54) is 6.26 Å². The Morgan fingerprint density at radius 1 is 1.32 bits per heavy atom. The molecule has 0 saturated heterocycles. The summed E-state index contributed by atoms with van der Waals surface area (Å²) in [6.45, 7) is 2.04. The van der Waals surface area contributed by atoms with Crippen molar-refractivity contribution in [3.63, 3.8) is 0 Å². The minimum Gasteiger partial charge on any atom is -0.388 e. The van der Waals surface area contributed by atoms with Gasteiger partial charge in [0.1, 0.15) is 0 Å².